The summed E-state index contributed by atoms with van der Waals surface area (Å²) in [6.45, 7) is 4.47. The van der Waals surface area contributed by atoms with E-state index in [0.717, 1.165) is 19.4 Å². The molecule has 1 aliphatic heterocycles. The molecule has 0 aromatic carbocycles. The van der Waals surface area contributed by atoms with Gasteiger partial charge in [0.25, 0.3) is 0 Å². The fourth-order valence-corrected chi connectivity index (χ4v) is 3.06. The van der Waals surface area contributed by atoms with Crippen molar-refractivity contribution in [3.05, 3.63) is 0 Å². The van der Waals surface area contributed by atoms with Crippen molar-refractivity contribution in [2.45, 2.75) is 38.8 Å². The van der Waals surface area contributed by atoms with Crippen LogP contribution in [0.5, 0.6) is 0 Å². The van der Waals surface area contributed by atoms with Crippen molar-refractivity contribution >= 4 is 11.8 Å². The SMILES string of the molecule is CC(=O)NC(C)C(=O)N1CC2CCC(O)C2C1. The number of nitrogens with one attached hydrogen (secondary N) is 1. The van der Waals surface area contributed by atoms with Gasteiger partial charge in [0.15, 0.2) is 0 Å². The normalized spacial score (nSPS) is 33.4. The number of nitrogens with zero attached hydrogens (tertiary/aromatic N) is 1. The van der Waals surface area contributed by atoms with Crippen LogP contribution in [0, 0.1) is 11.8 Å². The number of rotatable bonds is 2. The number of fused-ring (bicyclic) bond motifs is 1. The molecule has 0 radical (unpaired) electrons. The first-order chi connectivity index (χ1) is 7.99. The minimum atomic E-state index is -0.469. The molecule has 5 heteroatoms. The van der Waals surface area contributed by atoms with Gasteiger partial charge in [-0.2, -0.15) is 0 Å². The third kappa shape index (κ3) is 2.44. The minimum Gasteiger partial charge on any atom is -0.393 e. The third-order valence-corrected chi connectivity index (χ3v) is 3.92. The van der Waals surface area contributed by atoms with Crippen molar-refractivity contribution in [2.24, 2.45) is 11.8 Å². The fraction of sp³-hybridized carbons (Fsp3) is 0.833. The molecule has 2 amide bonds. The average Bonchev–Trinajstić information content (AvgIpc) is 2.79. The van der Waals surface area contributed by atoms with Gasteiger partial charge in [0.05, 0.1) is 6.10 Å². The molecule has 2 aliphatic rings. The van der Waals surface area contributed by atoms with Gasteiger partial charge in [-0.3, -0.25) is 9.59 Å². The van der Waals surface area contributed by atoms with E-state index in [0.29, 0.717) is 12.5 Å². The Bertz CT molecular complexity index is 332. The summed E-state index contributed by atoms with van der Waals surface area (Å²) in [5.74, 6) is 0.453. The van der Waals surface area contributed by atoms with Crippen molar-refractivity contribution in [2.75, 3.05) is 13.1 Å². The molecule has 0 bridgehead atoms. The molecule has 1 saturated carbocycles. The lowest BCUT2D eigenvalue weighted by Crippen LogP contribution is -2.46. The maximum absolute atomic E-state index is 12.0. The molecule has 2 N–H and O–H groups in total. The number of aliphatic hydroxyl groups excluding tert-OH is 1. The second-order valence-corrected chi connectivity index (χ2v) is 5.23. The molecule has 0 spiro atoms. The van der Waals surface area contributed by atoms with Gasteiger partial charge in [0.2, 0.25) is 11.8 Å². The van der Waals surface area contributed by atoms with Crippen LogP contribution >= 0.6 is 0 Å². The first-order valence-electron chi connectivity index (χ1n) is 6.23. The summed E-state index contributed by atoms with van der Waals surface area (Å²) < 4.78 is 0. The maximum atomic E-state index is 12.0. The number of hydrogen-bond donors (Lipinski definition) is 2. The second kappa shape index (κ2) is 4.64. The van der Waals surface area contributed by atoms with Gasteiger partial charge in [-0.05, 0) is 25.7 Å². The first kappa shape index (κ1) is 12.4. The zero-order chi connectivity index (χ0) is 12.6. The number of amides is 2. The lowest BCUT2D eigenvalue weighted by molar-refractivity contribution is -0.135. The van der Waals surface area contributed by atoms with Gasteiger partial charge in [0.1, 0.15) is 6.04 Å². The standard InChI is InChI=1S/C12H20N2O3/c1-7(13-8(2)15)12(17)14-5-9-3-4-11(16)10(9)6-14/h7,9-11,16H,3-6H2,1-2H3,(H,13,15). The molecule has 5 nitrogen and oxygen atoms in total. The predicted molar refractivity (Wildman–Crippen MR) is 62.1 cm³/mol. The van der Waals surface area contributed by atoms with Crippen LogP contribution in [0.3, 0.4) is 0 Å². The highest BCUT2D eigenvalue weighted by atomic mass is 16.3. The van der Waals surface area contributed by atoms with Crippen molar-refractivity contribution < 1.29 is 14.7 Å². The first-order valence-corrected chi connectivity index (χ1v) is 6.23. The van der Waals surface area contributed by atoms with Crippen LogP contribution in [-0.2, 0) is 9.59 Å². The molecule has 1 aliphatic carbocycles. The quantitative estimate of drug-likeness (QED) is 0.698. The summed E-state index contributed by atoms with van der Waals surface area (Å²) in [5.41, 5.74) is 0. The molecule has 0 aromatic heterocycles. The van der Waals surface area contributed by atoms with E-state index in [1.807, 2.05) is 0 Å². The van der Waals surface area contributed by atoms with Crippen LogP contribution in [0.4, 0.5) is 0 Å². The Balaban J connectivity index is 1.92. The molecule has 1 saturated heterocycles. The van der Waals surface area contributed by atoms with E-state index in [-0.39, 0.29) is 23.8 Å². The van der Waals surface area contributed by atoms with E-state index in [2.05, 4.69) is 5.32 Å². The Hall–Kier alpha value is -1.10. The minimum absolute atomic E-state index is 0.0400. The highest BCUT2D eigenvalue weighted by molar-refractivity contribution is 5.86. The predicted octanol–water partition coefficient (Wildman–Crippen LogP) is -0.260. The summed E-state index contributed by atoms with van der Waals surface area (Å²) in [6.07, 6.45) is 1.61. The fourth-order valence-electron chi connectivity index (χ4n) is 3.06. The van der Waals surface area contributed by atoms with Crippen molar-refractivity contribution in [3.63, 3.8) is 0 Å². The molecular formula is C12H20N2O3. The number of aliphatic hydroxyl groups is 1. The molecule has 96 valence electrons. The Kier molecular flexibility index (Phi) is 3.38. The van der Waals surface area contributed by atoms with Crippen LogP contribution in [0.25, 0.3) is 0 Å². The smallest absolute Gasteiger partial charge is 0.244 e. The Labute approximate surface area is 101 Å². The molecular weight excluding hydrogens is 220 g/mol. The highest BCUT2D eigenvalue weighted by Crippen LogP contribution is 2.38. The van der Waals surface area contributed by atoms with Gasteiger partial charge < -0.3 is 15.3 Å². The summed E-state index contributed by atoms with van der Waals surface area (Å²) in [4.78, 5) is 24.7. The van der Waals surface area contributed by atoms with E-state index in [1.54, 1.807) is 11.8 Å². The van der Waals surface area contributed by atoms with Crippen LogP contribution in [0.1, 0.15) is 26.7 Å². The summed E-state index contributed by atoms with van der Waals surface area (Å²) >= 11 is 0. The topological polar surface area (TPSA) is 69.6 Å². The average molecular weight is 240 g/mol. The van der Waals surface area contributed by atoms with Gasteiger partial charge in [-0.25, -0.2) is 0 Å². The summed E-state index contributed by atoms with van der Waals surface area (Å²) in [5, 5.41) is 12.4. The lowest BCUT2D eigenvalue weighted by Gasteiger charge is -2.22. The van der Waals surface area contributed by atoms with Crippen molar-refractivity contribution in [1.82, 2.24) is 10.2 Å². The number of carbonyl (C=O) groups excluding carboxylic acids is 2. The van der Waals surface area contributed by atoms with Gasteiger partial charge in [-0.1, -0.05) is 0 Å². The third-order valence-electron chi connectivity index (χ3n) is 3.92. The van der Waals surface area contributed by atoms with E-state index in [1.165, 1.54) is 6.92 Å². The summed E-state index contributed by atoms with van der Waals surface area (Å²) in [7, 11) is 0. The lowest BCUT2D eigenvalue weighted by atomic mass is 10.00. The Morgan fingerprint density at radius 3 is 2.65 bits per heavy atom. The number of hydrogen-bond acceptors (Lipinski definition) is 3. The highest BCUT2D eigenvalue weighted by Gasteiger charge is 2.43. The number of carbonyl (C=O) groups is 2. The molecule has 17 heavy (non-hydrogen) atoms. The van der Waals surface area contributed by atoms with Crippen molar-refractivity contribution in [1.29, 1.82) is 0 Å². The molecule has 2 fully saturated rings. The number of likely N-dealkylation sites (tertiary alicyclic amines) is 1. The van der Waals surface area contributed by atoms with Gasteiger partial charge >= 0.3 is 0 Å². The monoisotopic (exact) mass is 240 g/mol. The maximum Gasteiger partial charge on any atom is 0.244 e. The van der Waals surface area contributed by atoms with Crippen LogP contribution < -0.4 is 5.32 Å². The van der Waals surface area contributed by atoms with Gasteiger partial charge in [-0.15, -0.1) is 0 Å². The van der Waals surface area contributed by atoms with E-state index in [9.17, 15) is 14.7 Å². The Morgan fingerprint density at radius 2 is 2.06 bits per heavy atom. The molecule has 0 aromatic rings. The zero-order valence-corrected chi connectivity index (χ0v) is 10.3. The zero-order valence-electron chi connectivity index (χ0n) is 10.3. The molecule has 1 heterocycles. The molecule has 2 rings (SSSR count). The largest absolute Gasteiger partial charge is 0.393 e. The molecule has 4 atom stereocenters. The van der Waals surface area contributed by atoms with Gasteiger partial charge in [0, 0.05) is 25.9 Å². The van der Waals surface area contributed by atoms with E-state index < -0.39 is 6.04 Å². The van der Waals surface area contributed by atoms with E-state index >= 15 is 0 Å². The van der Waals surface area contributed by atoms with Crippen LogP contribution in [-0.4, -0.2) is 47.1 Å². The van der Waals surface area contributed by atoms with Crippen LogP contribution in [0.15, 0.2) is 0 Å². The van der Waals surface area contributed by atoms with E-state index in [4.69, 9.17) is 0 Å². The van der Waals surface area contributed by atoms with Crippen LogP contribution in [0.2, 0.25) is 0 Å². The Morgan fingerprint density at radius 1 is 1.35 bits per heavy atom. The van der Waals surface area contributed by atoms with Crippen molar-refractivity contribution in [3.8, 4) is 0 Å². The summed E-state index contributed by atoms with van der Waals surface area (Å²) in [6, 6.07) is -0.469. The second-order valence-electron chi connectivity index (χ2n) is 5.23. The molecule has 4 unspecified atom stereocenters.